The number of benzene rings is 10. The van der Waals surface area contributed by atoms with Crippen LogP contribution in [0.2, 0.25) is 0 Å². The highest BCUT2D eigenvalue weighted by Crippen LogP contribution is 2.50. The lowest BCUT2D eigenvalue weighted by Gasteiger charge is -2.11. The van der Waals surface area contributed by atoms with Crippen LogP contribution in [0.1, 0.15) is 0 Å². The molecule has 15 aromatic rings. The van der Waals surface area contributed by atoms with E-state index in [-0.39, 0.29) is 0 Å². The van der Waals surface area contributed by atoms with Crippen molar-refractivity contribution in [2.45, 2.75) is 0 Å². The lowest BCUT2D eigenvalue weighted by molar-refractivity contribution is 0.668. The summed E-state index contributed by atoms with van der Waals surface area (Å²) in [6.07, 6.45) is 0. The van der Waals surface area contributed by atoms with Gasteiger partial charge in [0.25, 0.3) is 0 Å². The van der Waals surface area contributed by atoms with E-state index in [1.54, 1.807) is 0 Å². The van der Waals surface area contributed by atoms with Crippen LogP contribution in [0.15, 0.2) is 192 Å². The van der Waals surface area contributed by atoms with Crippen LogP contribution < -0.4 is 0 Å². The monoisotopic (exact) mass is 780 g/mol. The van der Waals surface area contributed by atoms with E-state index < -0.39 is 0 Å². The third-order valence-electron chi connectivity index (χ3n) is 13.1. The van der Waals surface area contributed by atoms with Crippen molar-refractivity contribution in [1.82, 2.24) is 0 Å². The van der Waals surface area contributed by atoms with Gasteiger partial charge in [0.2, 0.25) is 0 Å². The van der Waals surface area contributed by atoms with Crippen LogP contribution in [0.3, 0.4) is 0 Å². The van der Waals surface area contributed by atoms with Crippen molar-refractivity contribution in [2.24, 2.45) is 0 Å². The van der Waals surface area contributed by atoms with E-state index in [0.717, 1.165) is 153 Å². The Balaban J connectivity index is 1.13. The number of fused-ring (bicyclic) bond motifs is 21. The first kappa shape index (κ1) is 31.7. The number of hydrogen-bond acceptors (Lipinski definition) is 5. The molecule has 15 rings (SSSR count). The number of furan rings is 5. The third-order valence-corrected chi connectivity index (χ3v) is 13.1. The van der Waals surface area contributed by atoms with Crippen LogP contribution in [-0.4, -0.2) is 0 Å². The predicted octanol–water partition coefficient (Wildman–Crippen LogP) is 16.8. The average molecular weight is 781 g/mol. The first-order valence-electron chi connectivity index (χ1n) is 20.6. The summed E-state index contributed by atoms with van der Waals surface area (Å²) in [5.41, 5.74) is 12.9. The van der Waals surface area contributed by atoms with E-state index in [1.165, 1.54) is 0 Å². The van der Waals surface area contributed by atoms with Crippen LogP contribution in [-0.2, 0) is 0 Å². The Labute approximate surface area is 344 Å². The fourth-order valence-corrected chi connectivity index (χ4v) is 10.4. The maximum absolute atomic E-state index is 7.28. The molecule has 0 spiro atoms. The van der Waals surface area contributed by atoms with Crippen LogP contribution in [0.25, 0.3) is 153 Å². The topological polar surface area (TPSA) is 65.7 Å². The van der Waals surface area contributed by atoms with Gasteiger partial charge in [-0.05, 0) is 107 Å². The van der Waals surface area contributed by atoms with E-state index in [9.17, 15) is 0 Å². The normalized spacial score (nSPS) is 12.6. The first-order chi connectivity index (χ1) is 30.2. The van der Waals surface area contributed by atoms with Gasteiger partial charge in [-0.3, -0.25) is 0 Å². The Bertz CT molecular complexity index is 4130. The van der Waals surface area contributed by atoms with Crippen molar-refractivity contribution >= 4 is 131 Å². The summed E-state index contributed by atoms with van der Waals surface area (Å²) in [5.74, 6) is 0. The molecule has 5 heteroatoms. The van der Waals surface area contributed by atoms with Gasteiger partial charge >= 0.3 is 0 Å². The maximum Gasteiger partial charge on any atom is 0.143 e. The Kier molecular flexibility index (Phi) is 5.85. The Morgan fingerprint density at radius 3 is 1.03 bits per heavy atom. The minimum atomic E-state index is 0.836. The van der Waals surface area contributed by atoms with Crippen molar-refractivity contribution in [3.8, 4) is 22.3 Å². The summed E-state index contributed by atoms with van der Waals surface area (Å²) in [6, 6.07) is 59.4. The van der Waals surface area contributed by atoms with Crippen molar-refractivity contribution in [1.29, 1.82) is 0 Å². The molecule has 0 saturated carbocycles. The molecule has 0 amide bonds. The smallest absolute Gasteiger partial charge is 0.143 e. The van der Waals surface area contributed by atoms with Crippen LogP contribution in [0.4, 0.5) is 0 Å². The highest BCUT2D eigenvalue weighted by molar-refractivity contribution is 6.34. The summed E-state index contributed by atoms with van der Waals surface area (Å²) in [7, 11) is 0. The molecule has 0 bridgehead atoms. The van der Waals surface area contributed by atoms with Gasteiger partial charge in [0, 0.05) is 75.4 Å². The van der Waals surface area contributed by atoms with Gasteiger partial charge in [-0.15, -0.1) is 0 Å². The standard InChI is InChI=1S/C56H28O5/c1-5-13-43-31(9-1)39-25-29(17-21-47(39)57-43)37-27-41-42-28-38(30-18-22-48-40(26-30)32-10-2-6-14-44(32)58-48)52-36(20-24-50-54(52)34-12-4-8-16-46(34)60-50)56(42)61-55(41)35-19-23-49-53(51(35)37)33-11-3-7-15-45(33)59-49/h1-28H. The lowest BCUT2D eigenvalue weighted by atomic mass is 9.89. The summed E-state index contributed by atoms with van der Waals surface area (Å²) in [5, 5.41) is 14.9. The van der Waals surface area contributed by atoms with Gasteiger partial charge < -0.3 is 22.1 Å². The van der Waals surface area contributed by atoms with E-state index in [2.05, 4.69) is 121 Å². The van der Waals surface area contributed by atoms with Gasteiger partial charge in [-0.25, -0.2) is 0 Å². The maximum atomic E-state index is 7.28. The second-order valence-corrected chi connectivity index (χ2v) is 16.2. The van der Waals surface area contributed by atoms with Gasteiger partial charge in [0.05, 0.1) is 0 Å². The number of para-hydroxylation sites is 4. The second kappa shape index (κ2) is 11.3. The quantitative estimate of drug-likeness (QED) is 0.175. The van der Waals surface area contributed by atoms with Crippen molar-refractivity contribution < 1.29 is 22.1 Å². The molecular formula is C56H28O5. The van der Waals surface area contributed by atoms with Crippen LogP contribution in [0.5, 0.6) is 0 Å². The number of rotatable bonds is 2. The SMILES string of the molecule is c1ccc2c(c1)oc1ccc(-c3cc4c5cc(-c6ccc7oc8ccccc8c7c6)c6c(ccc7oc8ccccc8c76)c5oc4c4ccc5oc6ccccc6c5c34)cc12. The largest absolute Gasteiger partial charge is 0.456 e. The number of hydrogen-bond donors (Lipinski definition) is 0. The lowest BCUT2D eigenvalue weighted by Crippen LogP contribution is -1.86. The molecule has 61 heavy (non-hydrogen) atoms. The molecule has 0 atom stereocenters. The molecule has 5 aromatic heterocycles. The summed E-state index contributed by atoms with van der Waals surface area (Å²) >= 11 is 0. The van der Waals surface area contributed by atoms with Crippen LogP contribution in [0, 0.1) is 0 Å². The molecule has 0 saturated heterocycles. The zero-order chi connectivity index (χ0) is 39.5. The molecule has 0 fully saturated rings. The van der Waals surface area contributed by atoms with Gasteiger partial charge in [0.15, 0.2) is 0 Å². The Morgan fingerprint density at radius 2 is 0.574 bits per heavy atom. The molecule has 0 aliphatic carbocycles. The fraction of sp³-hybridized carbons (Fsp3) is 0. The predicted molar refractivity (Wildman–Crippen MR) is 249 cm³/mol. The zero-order valence-electron chi connectivity index (χ0n) is 32.2. The minimum Gasteiger partial charge on any atom is -0.456 e. The third kappa shape index (κ3) is 4.14. The molecule has 282 valence electrons. The molecule has 5 nitrogen and oxygen atoms in total. The average Bonchev–Trinajstić information content (AvgIpc) is 4.13. The molecule has 10 aromatic carbocycles. The highest BCUT2D eigenvalue weighted by atomic mass is 16.3. The summed E-state index contributed by atoms with van der Waals surface area (Å²) < 4.78 is 32.9. The molecule has 0 aliphatic heterocycles. The molecule has 0 unspecified atom stereocenters. The van der Waals surface area contributed by atoms with Gasteiger partial charge in [0.1, 0.15) is 55.8 Å². The van der Waals surface area contributed by atoms with E-state index in [1.807, 2.05) is 48.5 Å². The Hall–Kier alpha value is -8.28. The van der Waals surface area contributed by atoms with E-state index in [4.69, 9.17) is 22.1 Å². The van der Waals surface area contributed by atoms with Crippen molar-refractivity contribution in [2.75, 3.05) is 0 Å². The fourth-order valence-electron chi connectivity index (χ4n) is 10.4. The highest BCUT2D eigenvalue weighted by Gasteiger charge is 2.25. The minimum absolute atomic E-state index is 0.836. The first-order valence-corrected chi connectivity index (χ1v) is 20.6. The zero-order valence-corrected chi connectivity index (χ0v) is 32.2. The van der Waals surface area contributed by atoms with Gasteiger partial charge in [-0.1, -0.05) is 84.9 Å². The van der Waals surface area contributed by atoms with E-state index in [0.29, 0.717) is 0 Å². The van der Waals surface area contributed by atoms with Crippen molar-refractivity contribution in [3.63, 3.8) is 0 Å². The van der Waals surface area contributed by atoms with Crippen molar-refractivity contribution in [3.05, 3.63) is 170 Å². The van der Waals surface area contributed by atoms with Gasteiger partial charge in [-0.2, -0.15) is 0 Å². The summed E-state index contributed by atoms with van der Waals surface area (Å²) in [6.45, 7) is 0. The molecular weight excluding hydrogens is 753 g/mol. The Morgan fingerprint density at radius 1 is 0.213 bits per heavy atom. The molecule has 0 radical (unpaired) electrons. The second-order valence-electron chi connectivity index (χ2n) is 16.2. The molecule has 0 aliphatic rings. The van der Waals surface area contributed by atoms with E-state index >= 15 is 0 Å². The summed E-state index contributed by atoms with van der Waals surface area (Å²) in [4.78, 5) is 0. The van der Waals surface area contributed by atoms with Crippen LogP contribution >= 0.6 is 0 Å². The molecule has 5 heterocycles. The molecule has 0 N–H and O–H groups in total.